The van der Waals surface area contributed by atoms with Gasteiger partial charge in [-0.25, -0.2) is 4.98 Å². The molecular formula is C10H12ClN3O. The third kappa shape index (κ3) is 2.27. The predicted octanol–water partition coefficient (Wildman–Crippen LogP) is 1.21. The van der Waals surface area contributed by atoms with E-state index in [1.54, 1.807) is 6.07 Å². The first-order valence-electron chi connectivity index (χ1n) is 4.83. The van der Waals surface area contributed by atoms with E-state index in [4.69, 9.17) is 17.3 Å². The molecule has 4 nitrogen and oxygen atoms in total. The molecule has 1 saturated heterocycles. The Morgan fingerprint density at radius 2 is 2.33 bits per heavy atom. The number of hydrogen-bond donors (Lipinski definition) is 1. The second-order valence-electron chi connectivity index (χ2n) is 3.64. The van der Waals surface area contributed by atoms with Gasteiger partial charge in [0.2, 0.25) is 0 Å². The maximum Gasteiger partial charge on any atom is 0.180 e. The van der Waals surface area contributed by atoms with Crippen molar-refractivity contribution in [3.63, 3.8) is 0 Å². The quantitative estimate of drug-likeness (QED) is 0.786. The predicted molar refractivity (Wildman–Crippen MR) is 59.0 cm³/mol. The van der Waals surface area contributed by atoms with Crippen LogP contribution in [0.3, 0.4) is 0 Å². The molecule has 2 heterocycles. The van der Waals surface area contributed by atoms with Crippen molar-refractivity contribution in [3.8, 4) is 0 Å². The molecule has 1 aromatic rings. The lowest BCUT2D eigenvalue weighted by atomic mass is 10.1. The highest BCUT2D eigenvalue weighted by molar-refractivity contribution is 6.31. The molecule has 1 aromatic heterocycles. The molecular weight excluding hydrogens is 214 g/mol. The largest absolute Gasteiger partial charge is 0.383 e. The second kappa shape index (κ2) is 4.16. The van der Waals surface area contributed by atoms with E-state index in [0.717, 1.165) is 19.5 Å². The van der Waals surface area contributed by atoms with E-state index >= 15 is 0 Å². The molecule has 2 rings (SSSR count). The summed E-state index contributed by atoms with van der Waals surface area (Å²) in [5, 5.41) is 0.441. The summed E-state index contributed by atoms with van der Waals surface area (Å²) in [6, 6.07) is 1.58. The number of pyridine rings is 1. The number of nitrogen functional groups attached to an aromatic ring is 1. The first kappa shape index (κ1) is 10.4. The Labute approximate surface area is 93.0 Å². The molecule has 0 radical (unpaired) electrons. The van der Waals surface area contributed by atoms with Gasteiger partial charge in [-0.2, -0.15) is 0 Å². The third-order valence-corrected chi connectivity index (χ3v) is 2.71. The number of likely N-dealkylation sites (tertiary alicyclic amines) is 1. The van der Waals surface area contributed by atoms with Crippen LogP contribution in [0.25, 0.3) is 0 Å². The second-order valence-corrected chi connectivity index (χ2v) is 4.08. The van der Waals surface area contributed by atoms with E-state index in [2.05, 4.69) is 9.88 Å². The highest BCUT2D eigenvalue weighted by Crippen LogP contribution is 2.17. The van der Waals surface area contributed by atoms with Gasteiger partial charge < -0.3 is 5.73 Å². The minimum absolute atomic E-state index is 0.0119. The fraction of sp³-hybridized carbons (Fsp3) is 0.400. The first-order chi connectivity index (χ1) is 7.16. The van der Waals surface area contributed by atoms with Crippen molar-refractivity contribution < 1.29 is 4.79 Å². The number of halogens is 1. The lowest BCUT2D eigenvalue weighted by Crippen LogP contribution is -2.40. The van der Waals surface area contributed by atoms with Crippen molar-refractivity contribution in [3.05, 3.63) is 22.8 Å². The molecule has 0 aromatic carbocycles. The number of nitrogens with two attached hydrogens (primary N) is 1. The molecule has 0 aliphatic carbocycles. The molecule has 0 bridgehead atoms. The maximum atomic E-state index is 11.8. The zero-order valence-corrected chi connectivity index (χ0v) is 9.00. The van der Waals surface area contributed by atoms with Crippen molar-refractivity contribution in [2.45, 2.75) is 6.42 Å². The Kier molecular flexibility index (Phi) is 2.88. The highest BCUT2D eigenvalue weighted by atomic mass is 35.5. The van der Waals surface area contributed by atoms with E-state index < -0.39 is 0 Å². The van der Waals surface area contributed by atoms with Crippen molar-refractivity contribution >= 4 is 23.2 Å². The average Bonchev–Trinajstić information content (AvgIpc) is 2.15. The zero-order chi connectivity index (χ0) is 10.8. The van der Waals surface area contributed by atoms with Gasteiger partial charge in [-0.05, 0) is 25.6 Å². The Morgan fingerprint density at radius 1 is 1.60 bits per heavy atom. The highest BCUT2D eigenvalue weighted by Gasteiger charge is 2.19. The van der Waals surface area contributed by atoms with Crippen LogP contribution >= 0.6 is 11.6 Å². The molecule has 1 aliphatic heterocycles. The number of nitrogens with zero attached hydrogens (tertiary/aromatic N) is 2. The molecule has 0 spiro atoms. The number of aromatic nitrogens is 1. The van der Waals surface area contributed by atoms with Crippen molar-refractivity contribution in [2.24, 2.45) is 0 Å². The molecule has 0 unspecified atom stereocenters. The monoisotopic (exact) mass is 225 g/mol. The van der Waals surface area contributed by atoms with Crippen LogP contribution in [0.2, 0.25) is 5.02 Å². The summed E-state index contributed by atoms with van der Waals surface area (Å²) >= 11 is 5.76. The van der Waals surface area contributed by atoms with Crippen molar-refractivity contribution in [1.82, 2.24) is 9.88 Å². The van der Waals surface area contributed by atoms with Crippen LogP contribution in [-0.4, -0.2) is 35.3 Å². The Bertz CT molecular complexity index is 390. The summed E-state index contributed by atoms with van der Waals surface area (Å²) < 4.78 is 0. The number of rotatable bonds is 3. The van der Waals surface area contributed by atoms with Gasteiger partial charge in [0.15, 0.2) is 5.78 Å². The summed E-state index contributed by atoms with van der Waals surface area (Å²) in [6.45, 7) is 2.38. The van der Waals surface area contributed by atoms with Crippen LogP contribution in [0.15, 0.2) is 12.3 Å². The van der Waals surface area contributed by atoms with Crippen molar-refractivity contribution in [2.75, 3.05) is 25.4 Å². The van der Waals surface area contributed by atoms with Crippen LogP contribution in [0.5, 0.6) is 0 Å². The van der Waals surface area contributed by atoms with Gasteiger partial charge in [-0.3, -0.25) is 9.69 Å². The first-order valence-corrected chi connectivity index (χ1v) is 5.21. The van der Waals surface area contributed by atoms with Crippen LogP contribution in [0.4, 0.5) is 5.82 Å². The van der Waals surface area contributed by atoms with Gasteiger partial charge in [0.05, 0.1) is 17.1 Å². The van der Waals surface area contributed by atoms with E-state index in [0.29, 0.717) is 17.1 Å². The normalized spacial score (nSPS) is 16.1. The number of carbonyl (C=O) groups is 1. The van der Waals surface area contributed by atoms with E-state index in [9.17, 15) is 4.79 Å². The molecule has 15 heavy (non-hydrogen) atoms. The fourth-order valence-corrected chi connectivity index (χ4v) is 1.66. The number of carbonyl (C=O) groups excluding carboxylic acids is 1. The summed E-state index contributed by atoms with van der Waals surface area (Å²) in [7, 11) is 0. The fourth-order valence-electron chi connectivity index (χ4n) is 1.50. The number of ketones is 1. The number of hydrogen-bond acceptors (Lipinski definition) is 4. The van der Waals surface area contributed by atoms with Crippen LogP contribution in [-0.2, 0) is 0 Å². The van der Waals surface area contributed by atoms with Crippen LogP contribution in [0.1, 0.15) is 16.8 Å². The summed E-state index contributed by atoms with van der Waals surface area (Å²) in [5.74, 6) is 0.243. The Balaban J connectivity index is 2.12. The summed E-state index contributed by atoms with van der Waals surface area (Å²) in [5.41, 5.74) is 6.04. The SMILES string of the molecule is Nc1ncc(Cl)cc1C(=O)CN1CCC1. The third-order valence-electron chi connectivity index (χ3n) is 2.50. The standard InChI is InChI=1S/C10H12ClN3O/c11-7-4-8(10(12)13-5-7)9(15)6-14-2-1-3-14/h4-5H,1-3,6H2,(H2,12,13). The summed E-state index contributed by atoms with van der Waals surface area (Å²) in [4.78, 5) is 17.7. The van der Waals surface area contributed by atoms with Gasteiger partial charge in [-0.15, -0.1) is 0 Å². The smallest absolute Gasteiger partial charge is 0.180 e. The molecule has 80 valence electrons. The molecule has 1 aliphatic rings. The van der Waals surface area contributed by atoms with Crippen LogP contribution in [0, 0.1) is 0 Å². The maximum absolute atomic E-state index is 11.8. The van der Waals surface area contributed by atoms with E-state index in [1.165, 1.54) is 6.20 Å². The minimum Gasteiger partial charge on any atom is -0.383 e. The average molecular weight is 226 g/mol. The molecule has 0 atom stereocenters. The van der Waals surface area contributed by atoms with E-state index in [-0.39, 0.29) is 11.6 Å². The van der Waals surface area contributed by atoms with Gasteiger partial charge in [0, 0.05) is 6.20 Å². The van der Waals surface area contributed by atoms with Gasteiger partial charge in [0.1, 0.15) is 5.82 Å². The Hall–Kier alpha value is -1.13. The molecule has 1 fully saturated rings. The van der Waals surface area contributed by atoms with Crippen molar-refractivity contribution in [1.29, 1.82) is 0 Å². The lowest BCUT2D eigenvalue weighted by molar-refractivity contribution is 0.0876. The van der Waals surface area contributed by atoms with Gasteiger partial charge in [0.25, 0.3) is 0 Å². The minimum atomic E-state index is -0.0119. The molecule has 0 amide bonds. The van der Waals surface area contributed by atoms with Gasteiger partial charge in [-0.1, -0.05) is 11.6 Å². The lowest BCUT2D eigenvalue weighted by Gasteiger charge is -2.29. The molecule has 2 N–H and O–H groups in total. The van der Waals surface area contributed by atoms with E-state index in [1.807, 2.05) is 0 Å². The topological polar surface area (TPSA) is 59.2 Å². The summed E-state index contributed by atoms with van der Waals surface area (Å²) in [6.07, 6.45) is 2.61. The van der Waals surface area contributed by atoms with Gasteiger partial charge >= 0.3 is 0 Å². The van der Waals surface area contributed by atoms with Crippen LogP contribution < -0.4 is 5.73 Å². The zero-order valence-electron chi connectivity index (χ0n) is 8.24. The molecule has 0 saturated carbocycles. The number of anilines is 1. The molecule has 5 heteroatoms. The Morgan fingerprint density at radius 3 is 2.93 bits per heavy atom. The number of Topliss-reactive ketones (excluding diaryl/α,β-unsaturated/α-hetero) is 1.